The van der Waals surface area contributed by atoms with Crippen LogP contribution < -0.4 is 0 Å². The van der Waals surface area contributed by atoms with E-state index in [2.05, 4.69) is 0 Å². The first-order valence-corrected chi connectivity index (χ1v) is 5.43. The molecule has 2 aromatic rings. The number of benzene rings is 2. The number of carbonyl (C=O) groups excluding carboxylic acids is 1. The molecule has 0 aliphatic rings. The van der Waals surface area contributed by atoms with E-state index in [4.69, 9.17) is 5.11 Å². The van der Waals surface area contributed by atoms with Gasteiger partial charge in [0.15, 0.2) is 0 Å². The number of aryl methyl sites for hydroxylation is 1. The van der Waals surface area contributed by atoms with E-state index in [9.17, 15) is 9.59 Å². The number of aromatic carboxylic acids is 1. The summed E-state index contributed by atoms with van der Waals surface area (Å²) in [7, 11) is 0. The summed E-state index contributed by atoms with van der Waals surface area (Å²) in [6.07, 6.45) is 0.833. The molecular weight excluding hydrogens is 228 g/mol. The lowest BCUT2D eigenvalue weighted by molar-refractivity contribution is 0.0696. The van der Waals surface area contributed by atoms with Crippen molar-refractivity contribution in [1.29, 1.82) is 0 Å². The first-order chi connectivity index (χ1) is 8.63. The molecule has 2 rings (SSSR count). The average molecular weight is 242 g/mol. The van der Waals surface area contributed by atoms with Crippen LogP contribution in [0.15, 0.2) is 54.6 Å². The molecule has 0 saturated carbocycles. The van der Waals surface area contributed by atoms with Gasteiger partial charge in [0.2, 0.25) is 0 Å². The molecule has 0 unspecified atom stereocenters. The lowest BCUT2D eigenvalue weighted by Crippen LogP contribution is -1.94. The molecule has 0 aromatic heterocycles. The normalized spacial score (nSPS) is 8.94. The molecule has 3 heteroatoms. The van der Waals surface area contributed by atoms with Gasteiger partial charge in [0.25, 0.3) is 0 Å². The second kappa shape index (κ2) is 7.01. The summed E-state index contributed by atoms with van der Waals surface area (Å²) in [5.41, 5.74) is 2.14. The van der Waals surface area contributed by atoms with Crippen molar-refractivity contribution in [3.63, 3.8) is 0 Å². The van der Waals surface area contributed by atoms with Crippen LogP contribution in [0.1, 0.15) is 26.3 Å². The Hall–Kier alpha value is -2.42. The molecule has 2 aromatic carbocycles. The first kappa shape index (κ1) is 13.6. The van der Waals surface area contributed by atoms with Crippen LogP contribution in [0.25, 0.3) is 0 Å². The Morgan fingerprint density at radius 2 is 1.56 bits per heavy atom. The van der Waals surface area contributed by atoms with E-state index in [0.717, 1.165) is 17.4 Å². The maximum Gasteiger partial charge on any atom is 0.335 e. The zero-order chi connectivity index (χ0) is 13.4. The highest BCUT2D eigenvalue weighted by atomic mass is 16.4. The minimum Gasteiger partial charge on any atom is -0.478 e. The monoisotopic (exact) mass is 242 g/mol. The minimum atomic E-state index is -0.875. The topological polar surface area (TPSA) is 54.4 Å². The Bertz CT molecular complexity index is 501. The predicted octanol–water partition coefficient (Wildman–Crippen LogP) is 3.19. The van der Waals surface area contributed by atoms with Crippen LogP contribution in [0.2, 0.25) is 0 Å². The molecule has 0 heterocycles. The Balaban J connectivity index is 0.000000184. The molecule has 0 amide bonds. The molecule has 0 spiro atoms. The van der Waals surface area contributed by atoms with Crippen molar-refractivity contribution in [2.45, 2.75) is 6.92 Å². The molecule has 0 fully saturated rings. The Kier molecular flexibility index (Phi) is 5.32. The van der Waals surface area contributed by atoms with Crippen LogP contribution >= 0.6 is 0 Å². The highest BCUT2D eigenvalue weighted by molar-refractivity contribution is 5.87. The zero-order valence-corrected chi connectivity index (χ0v) is 10.0. The number of aldehydes is 1. The van der Waals surface area contributed by atoms with Gasteiger partial charge in [0, 0.05) is 5.56 Å². The molecule has 0 atom stereocenters. The Morgan fingerprint density at radius 3 is 1.94 bits per heavy atom. The van der Waals surface area contributed by atoms with Crippen LogP contribution in [0.3, 0.4) is 0 Å². The number of carbonyl (C=O) groups is 2. The largest absolute Gasteiger partial charge is 0.478 e. The van der Waals surface area contributed by atoms with E-state index < -0.39 is 5.97 Å². The van der Waals surface area contributed by atoms with Gasteiger partial charge in [-0.15, -0.1) is 0 Å². The quantitative estimate of drug-likeness (QED) is 0.823. The van der Waals surface area contributed by atoms with E-state index in [0.29, 0.717) is 5.56 Å². The van der Waals surface area contributed by atoms with Crippen LogP contribution in [-0.4, -0.2) is 17.4 Å². The van der Waals surface area contributed by atoms with Crippen molar-refractivity contribution >= 4 is 12.3 Å². The van der Waals surface area contributed by atoms with Crippen molar-refractivity contribution in [2.75, 3.05) is 0 Å². The summed E-state index contributed by atoms with van der Waals surface area (Å²) in [5.74, 6) is -0.875. The van der Waals surface area contributed by atoms with E-state index >= 15 is 0 Å². The summed E-state index contributed by atoms with van der Waals surface area (Å²) in [6.45, 7) is 1.92. The molecule has 0 bridgehead atoms. The fourth-order valence-corrected chi connectivity index (χ4v) is 1.23. The zero-order valence-electron chi connectivity index (χ0n) is 10.0. The van der Waals surface area contributed by atoms with Crippen molar-refractivity contribution in [1.82, 2.24) is 0 Å². The Labute approximate surface area is 106 Å². The highest BCUT2D eigenvalue weighted by Gasteiger charge is 1.98. The van der Waals surface area contributed by atoms with Gasteiger partial charge in [-0.25, -0.2) is 4.79 Å². The fourth-order valence-electron chi connectivity index (χ4n) is 1.23. The lowest BCUT2D eigenvalue weighted by Gasteiger charge is -1.92. The van der Waals surface area contributed by atoms with Gasteiger partial charge in [-0.1, -0.05) is 48.0 Å². The van der Waals surface area contributed by atoms with Crippen LogP contribution in [0, 0.1) is 6.92 Å². The average Bonchev–Trinajstić information content (AvgIpc) is 2.41. The molecule has 18 heavy (non-hydrogen) atoms. The summed E-state index contributed by atoms with van der Waals surface area (Å²) in [6, 6.07) is 15.8. The van der Waals surface area contributed by atoms with Crippen molar-refractivity contribution in [2.24, 2.45) is 0 Å². The molecule has 1 N–H and O–H groups in total. The van der Waals surface area contributed by atoms with Crippen LogP contribution in [-0.2, 0) is 0 Å². The molecule has 0 saturated heterocycles. The minimum absolute atomic E-state index is 0.339. The summed E-state index contributed by atoms with van der Waals surface area (Å²) >= 11 is 0. The second-order valence-corrected chi connectivity index (χ2v) is 3.70. The summed E-state index contributed by atoms with van der Waals surface area (Å²) < 4.78 is 0. The van der Waals surface area contributed by atoms with E-state index in [1.807, 2.05) is 25.1 Å². The SMILES string of the molecule is Cc1ccc(C(=O)O)cc1.O=Cc1ccccc1. The lowest BCUT2D eigenvalue weighted by atomic mass is 10.2. The van der Waals surface area contributed by atoms with Gasteiger partial charge < -0.3 is 5.11 Å². The van der Waals surface area contributed by atoms with Crippen molar-refractivity contribution < 1.29 is 14.7 Å². The van der Waals surface area contributed by atoms with E-state index in [1.165, 1.54) is 0 Å². The summed E-state index contributed by atoms with van der Waals surface area (Å²) in [5, 5.41) is 8.48. The number of hydrogen-bond donors (Lipinski definition) is 1. The standard InChI is InChI=1S/C8H8O2.C7H6O/c1-6-2-4-7(5-3-6)8(9)10;8-6-7-4-2-1-3-5-7/h2-5H,1H3,(H,9,10);1-6H. The molecule has 0 radical (unpaired) electrons. The molecule has 92 valence electrons. The van der Waals surface area contributed by atoms with Gasteiger partial charge in [-0.2, -0.15) is 0 Å². The van der Waals surface area contributed by atoms with Gasteiger partial charge in [-0.3, -0.25) is 4.79 Å². The van der Waals surface area contributed by atoms with Gasteiger partial charge in [0.05, 0.1) is 5.56 Å². The predicted molar refractivity (Wildman–Crippen MR) is 70.0 cm³/mol. The molecule has 0 aliphatic carbocycles. The maximum atomic E-state index is 10.3. The number of carboxylic acid groups (broad SMARTS) is 1. The van der Waals surface area contributed by atoms with E-state index in [-0.39, 0.29) is 0 Å². The highest BCUT2D eigenvalue weighted by Crippen LogP contribution is 2.01. The van der Waals surface area contributed by atoms with Gasteiger partial charge in [-0.05, 0) is 19.1 Å². The maximum absolute atomic E-state index is 10.3. The smallest absolute Gasteiger partial charge is 0.335 e. The molecule has 0 aliphatic heterocycles. The summed E-state index contributed by atoms with van der Waals surface area (Å²) in [4.78, 5) is 20.3. The van der Waals surface area contributed by atoms with Crippen LogP contribution in [0.5, 0.6) is 0 Å². The fraction of sp³-hybridized carbons (Fsp3) is 0.0667. The molecule has 3 nitrogen and oxygen atoms in total. The number of rotatable bonds is 2. The van der Waals surface area contributed by atoms with Crippen molar-refractivity contribution in [3.05, 3.63) is 71.3 Å². The number of hydrogen-bond acceptors (Lipinski definition) is 2. The Morgan fingerprint density at radius 1 is 1.00 bits per heavy atom. The van der Waals surface area contributed by atoms with Crippen molar-refractivity contribution in [3.8, 4) is 0 Å². The number of carboxylic acids is 1. The van der Waals surface area contributed by atoms with Gasteiger partial charge in [0.1, 0.15) is 6.29 Å². The van der Waals surface area contributed by atoms with E-state index in [1.54, 1.807) is 36.4 Å². The van der Waals surface area contributed by atoms with Gasteiger partial charge >= 0.3 is 5.97 Å². The first-order valence-electron chi connectivity index (χ1n) is 5.43. The third-order valence-electron chi connectivity index (χ3n) is 2.23. The third kappa shape index (κ3) is 4.61. The second-order valence-electron chi connectivity index (χ2n) is 3.70. The third-order valence-corrected chi connectivity index (χ3v) is 2.23. The molecular formula is C15H14O3. The van der Waals surface area contributed by atoms with Crippen LogP contribution in [0.4, 0.5) is 0 Å².